The van der Waals surface area contributed by atoms with Crippen LogP contribution >= 0.6 is 0 Å². The van der Waals surface area contributed by atoms with Crippen molar-refractivity contribution < 1.29 is 34.1 Å². The van der Waals surface area contributed by atoms with Crippen LogP contribution in [0.15, 0.2) is 35.1 Å². The van der Waals surface area contributed by atoms with Crippen molar-refractivity contribution in [3.8, 4) is 11.4 Å². The molecule has 2 aliphatic heterocycles. The molecule has 1 atom stereocenters. The van der Waals surface area contributed by atoms with E-state index in [9.17, 15) is 24.3 Å². The molecule has 10 nitrogen and oxygen atoms in total. The first-order chi connectivity index (χ1) is 17.2. The Hall–Kier alpha value is -4.05. The molecule has 0 saturated carbocycles. The lowest BCUT2D eigenvalue weighted by Gasteiger charge is -2.31. The fourth-order valence-corrected chi connectivity index (χ4v) is 4.95. The number of pyridine rings is 2. The van der Waals surface area contributed by atoms with Crippen LogP contribution in [0, 0.1) is 0 Å². The maximum atomic E-state index is 13.4. The molecule has 2 aliphatic rings. The summed E-state index contributed by atoms with van der Waals surface area (Å²) in [6.07, 6.45) is -0.116. The Bertz CT molecular complexity index is 1490. The third-order valence-electron chi connectivity index (χ3n) is 6.87. The van der Waals surface area contributed by atoms with E-state index in [2.05, 4.69) is 0 Å². The van der Waals surface area contributed by atoms with E-state index in [1.807, 2.05) is 24.3 Å². The molecule has 3 aromatic rings. The Morgan fingerprint density at radius 1 is 1.19 bits per heavy atom. The fourth-order valence-electron chi connectivity index (χ4n) is 4.95. The average molecular weight is 492 g/mol. The van der Waals surface area contributed by atoms with Crippen LogP contribution in [0.5, 0.6) is 0 Å². The standard InChI is InChI=1S/C26H24N2O8/c1-2-26(34)18-11-20-23-16(12-28(20)24(32)17(18)13-36-25(26)33)14(15-5-3-4-6-19(15)27-23)9-10-35-22(31)8-7-21(29)30/h3-6,11,34H,2,7-10,12-13H2,1H3,(H,29,30)/t26-/m0/s1. The summed E-state index contributed by atoms with van der Waals surface area (Å²) >= 11 is 0. The summed E-state index contributed by atoms with van der Waals surface area (Å²) in [7, 11) is 0. The minimum absolute atomic E-state index is 0.0402. The molecule has 1 aromatic carbocycles. The van der Waals surface area contributed by atoms with E-state index in [-0.39, 0.29) is 55.7 Å². The summed E-state index contributed by atoms with van der Waals surface area (Å²) in [6.45, 7) is 1.71. The third kappa shape index (κ3) is 3.74. The summed E-state index contributed by atoms with van der Waals surface area (Å²) in [5, 5.41) is 20.7. The highest BCUT2D eigenvalue weighted by atomic mass is 16.6. The number of hydrogen-bond acceptors (Lipinski definition) is 8. The van der Waals surface area contributed by atoms with Crippen molar-refractivity contribution >= 4 is 28.8 Å². The van der Waals surface area contributed by atoms with Gasteiger partial charge in [-0.25, -0.2) is 9.78 Å². The second-order valence-corrected chi connectivity index (χ2v) is 8.90. The molecule has 2 N–H and O–H groups in total. The minimum atomic E-state index is -1.91. The van der Waals surface area contributed by atoms with Gasteiger partial charge in [-0.15, -0.1) is 0 Å². The number of para-hydroxylation sites is 1. The highest BCUT2D eigenvalue weighted by Gasteiger charge is 2.45. The molecule has 4 heterocycles. The molecule has 36 heavy (non-hydrogen) atoms. The summed E-state index contributed by atoms with van der Waals surface area (Å²) in [5.74, 6) is -2.45. The topological polar surface area (TPSA) is 145 Å². The van der Waals surface area contributed by atoms with Gasteiger partial charge in [-0.1, -0.05) is 25.1 Å². The van der Waals surface area contributed by atoms with Crippen LogP contribution in [-0.2, 0) is 49.0 Å². The molecule has 5 rings (SSSR count). The molecule has 0 bridgehead atoms. The summed E-state index contributed by atoms with van der Waals surface area (Å²) in [4.78, 5) is 53.2. The van der Waals surface area contributed by atoms with Crippen LogP contribution in [0.4, 0.5) is 0 Å². The molecule has 0 radical (unpaired) electrons. The zero-order valence-electron chi connectivity index (χ0n) is 19.6. The molecule has 10 heteroatoms. The second-order valence-electron chi connectivity index (χ2n) is 8.90. The first-order valence-electron chi connectivity index (χ1n) is 11.7. The van der Waals surface area contributed by atoms with Crippen molar-refractivity contribution in [3.63, 3.8) is 0 Å². The van der Waals surface area contributed by atoms with Crippen LogP contribution in [0.25, 0.3) is 22.3 Å². The number of benzene rings is 1. The van der Waals surface area contributed by atoms with Crippen molar-refractivity contribution in [2.45, 2.75) is 51.4 Å². The lowest BCUT2D eigenvalue weighted by atomic mass is 9.86. The minimum Gasteiger partial charge on any atom is -0.481 e. The SMILES string of the molecule is CC[C@@]1(O)C(=O)OCc2c1cc1n(c2=O)Cc2c-1nc1ccccc1c2CCOC(=O)CCC(=O)O. The number of aliphatic carboxylic acids is 1. The number of nitrogens with zero attached hydrogens (tertiary/aromatic N) is 2. The Labute approximate surface area is 205 Å². The van der Waals surface area contributed by atoms with E-state index in [0.29, 0.717) is 23.3 Å². The third-order valence-corrected chi connectivity index (χ3v) is 6.87. The van der Waals surface area contributed by atoms with Gasteiger partial charge in [-0.3, -0.25) is 14.4 Å². The molecule has 2 aromatic heterocycles. The first-order valence-corrected chi connectivity index (χ1v) is 11.7. The molecule has 0 fully saturated rings. The van der Waals surface area contributed by atoms with Gasteiger partial charge in [0.1, 0.15) is 6.61 Å². The van der Waals surface area contributed by atoms with Crippen molar-refractivity contribution in [1.29, 1.82) is 0 Å². The highest BCUT2D eigenvalue weighted by Crippen LogP contribution is 2.40. The van der Waals surface area contributed by atoms with Gasteiger partial charge in [-0.2, -0.15) is 0 Å². The van der Waals surface area contributed by atoms with E-state index in [0.717, 1.165) is 16.5 Å². The summed E-state index contributed by atoms with van der Waals surface area (Å²) in [6, 6.07) is 9.12. The molecule has 0 saturated heterocycles. The lowest BCUT2D eigenvalue weighted by molar-refractivity contribution is -0.172. The predicted molar refractivity (Wildman–Crippen MR) is 126 cm³/mol. The van der Waals surface area contributed by atoms with Gasteiger partial charge in [0, 0.05) is 22.9 Å². The largest absolute Gasteiger partial charge is 0.481 e. The maximum absolute atomic E-state index is 13.4. The van der Waals surface area contributed by atoms with Crippen LogP contribution in [-0.4, -0.2) is 44.3 Å². The maximum Gasteiger partial charge on any atom is 0.343 e. The average Bonchev–Trinajstić information content (AvgIpc) is 3.23. The molecule has 0 unspecified atom stereocenters. The summed E-state index contributed by atoms with van der Waals surface area (Å²) in [5.41, 5.74) is 1.64. The smallest absolute Gasteiger partial charge is 0.343 e. The first kappa shape index (κ1) is 23.7. The second kappa shape index (κ2) is 8.87. The van der Waals surface area contributed by atoms with Crippen LogP contribution in [0.1, 0.15) is 48.4 Å². The van der Waals surface area contributed by atoms with Gasteiger partial charge in [0.2, 0.25) is 0 Å². The number of fused-ring (bicyclic) bond motifs is 5. The van der Waals surface area contributed by atoms with E-state index in [4.69, 9.17) is 19.6 Å². The number of hydrogen-bond donors (Lipinski definition) is 2. The molecule has 0 amide bonds. The quantitative estimate of drug-likeness (QED) is 0.370. The van der Waals surface area contributed by atoms with Crippen molar-refractivity contribution in [2.24, 2.45) is 0 Å². The molecule has 0 aliphatic carbocycles. The predicted octanol–water partition coefficient (Wildman–Crippen LogP) is 2.03. The fraction of sp³-hybridized carbons (Fsp3) is 0.346. The lowest BCUT2D eigenvalue weighted by Crippen LogP contribution is -2.44. The van der Waals surface area contributed by atoms with Gasteiger partial charge < -0.3 is 24.3 Å². The number of aliphatic hydroxyl groups is 1. The van der Waals surface area contributed by atoms with Gasteiger partial charge in [0.25, 0.3) is 5.56 Å². The number of carbonyl (C=O) groups excluding carboxylic acids is 2. The van der Waals surface area contributed by atoms with Crippen LogP contribution in [0.3, 0.4) is 0 Å². The number of aromatic nitrogens is 2. The number of cyclic esters (lactones) is 1. The Morgan fingerprint density at radius 3 is 2.72 bits per heavy atom. The zero-order chi connectivity index (χ0) is 25.6. The molecular weight excluding hydrogens is 468 g/mol. The van der Waals surface area contributed by atoms with Crippen LogP contribution in [0.2, 0.25) is 0 Å². The van der Waals surface area contributed by atoms with Crippen molar-refractivity contribution in [2.75, 3.05) is 6.61 Å². The van der Waals surface area contributed by atoms with Gasteiger partial charge in [0.05, 0.1) is 48.5 Å². The Morgan fingerprint density at radius 2 is 1.97 bits per heavy atom. The van der Waals surface area contributed by atoms with Crippen molar-refractivity contribution in [3.05, 3.63) is 62.9 Å². The van der Waals surface area contributed by atoms with E-state index in [1.54, 1.807) is 17.6 Å². The molecule has 186 valence electrons. The highest BCUT2D eigenvalue weighted by molar-refractivity contribution is 5.89. The number of carboxylic acid groups (broad SMARTS) is 1. The number of carbonyl (C=O) groups is 3. The Balaban J connectivity index is 1.57. The van der Waals surface area contributed by atoms with E-state index in [1.165, 1.54) is 0 Å². The number of rotatable bonds is 7. The van der Waals surface area contributed by atoms with Gasteiger partial charge in [0.15, 0.2) is 5.60 Å². The number of ether oxygens (including phenoxy) is 2. The van der Waals surface area contributed by atoms with Gasteiger partial charge >= 0.3 is 17.9 Å². The zero-order valence-corrected chi connectivity index (χ0v) is 19.6. The molecular formula is C26H24N2O8. The van der Waals surface area contributed by atoms with E-state index >= 15 is 0 Å². The molecule has 0 spiro atoms. The summed E-state index contributed by atoms with van der Waals surface area (Å²) < 4.78 is 11.9. The monoisotopic (exact) mass is 492 g/mol. The Kier molecular flexibility index (Phi) is 5.83. The van der Waals surface area contributed by atoms with Gasteiger partial charge in [-0.05, 0) is 24.1 Å². The van der Waals surface area contributed by atoms with Crippen molar-refractivity contribution in [1.82, 2.24) is 9.55 Å². The normalized spacial score (nSPS) is 17.8. The van der Waals surface area contributed by atoms with E-state index < -0.39 is 23.5 Å². The van der Waals surface area contributed by atoms with Crippen LogP contribution < -0.4 is 5.56 Å². The number of esters is 2. The number of carboxylic acids is 1.